The highest BCUT2D eigenvalue weighted by Gasteiger charge is 2.03. The molecule has 66 valence electrons. The molecule has 0 unspecified atom stereocenters. The summed E-state index contributed by atoms with van der Waals surface area (Å²) in [5.74, 6) is 0. The van der Waals surface area contributed by atoms with Gasteiger partial charge in [0.25, 0.3) is 6.47 Å². The number of nitrogens with one attached hydrogen (secondary N) is 1. The molecule has 2 rings (SSSR count). The minimum absolute atomic E-state index is 0.250. The molecule has 0 aromatic carbocycles. The quantitative estimate of drug-likeness (QED) is 0.580. The lowest BCUT2D eigenvalue weighted by Gasteiger charge is -2.10. The maximum Gasteiger partial charge on any atom is 0.290 e. The summed E-state index contributed by atoms with van der Waals surface area (Å²) >= 11 is 0. The van der Waals surface area contributed by atoms with Crippen LogP contribution in [0.3, 0.4) is 0 Å². The molecule has 3 heteroatoms. The molecule has 0 heterocycles. The Kier molecular flexibility index (Phi) is 5.65. The van der Waals surface area contributed by atoms with Crippen molar-refractivity contribution in [2.45, 2.75) is 0 Å². The minimum atomic E-state index is -0.250. The van der Waals surface area contributed by atoms with Crippen molar-refractivity contribution >= 4 is 6.47 Å². The number of fused-ring (bicyclic) bond motifs is 1. The van der Waals surface area contributed by atoms with Crippen molar-refractivity contribution < 1.29 is 9.90 Å². The van der Waals surface area contributed by atoms with Crippen LogP contribution in [-0.4, -0.2) is 25.7 Å². The van der Waals surface area contributed by atoms with Gasteiger partial charge in [-0.15, -0.1) is 0 Å². The predicted molar refractivity (Wildman–Crippen MR) is 49.1 cm³/mol. The monoisotopic (exact) mass is 167 g/mol. The molecule has 0 saturated heterocycles. The van der Waals surface area contributed by atoms with E-state index < -0.39 is 0 Å². The third-order valence-electron chi connectivity index (χ3n) is 1.22. The second-order valence-corrected chi connectivity index (χ2v) is 2.18. The Hall–Kier alpha value is -1.35. The summed E-state index contributed by atoms with van der Waals surface area (Å²) < 4.78 is 0. The fourth-order valence-corrected chi connectivity index (χ4v) is 0.663. The first kappa shape index (κ1) is 10.7. The van der Waals surface area contributed by atoms with Crippen molar-refractivity contribution in [2.75, 3.05) is 14.1 Å². The number of hydrogen-bond donors (Lipinski definition) is 2. The van der Waals surface area contributed by atoms with Gasteiger partial charge in [-0.05, 0) is 25.2 Å². The first-order valence-corrected chi connectivity index (χ1v) is 3.57. The van der Waals surface area contributed by atoms with Gasteiger partial charge in [0.1, 0.15) is 0 Å². The van der Waals surface area contributed by atoms with Crippen LogP contribution in [-0.2, 0) is 4.79 Å². The molecular weight excluding hydrogens is 154 g/mol. The fourth-order valence-electron chi connectivity index (χ4n) is 0.663. The SMILES string of the molecule is CNC.O=CO.c1cc2ccc1-2. The predicted octanol–water partition coefficient (Wildman–Crippen LogP) is 1.20. The van der Waals surface area contributed by atoms with Crippen LogP contribution in [0.5, 0.6) is 0 Å². The minimum Gasteiger partial charge on any atom is -0.483 e. The highest BCUT2D eigenvalue weighted by molar-refractivity contribution is 5.75. The summed E-state index contributed by atoms with van der Waals surface area (Å²) in [6, 6.07) is 8.48. The zero-order chi connectivity index (χ0) is 9.40. The van der Waals surface area contributed by atoms with Gasteiger partial charge < -0.3 is 10.4 Å². The standard InChI is InChI=1S/C6H4.C2H7N.CH2O2/c1-2-6-4-3-5(1)6;1-3-2;2-1-3/h1-4H;3H,1-2H3;1H,(H,2,3). The maximum atomic E-state index is 8.36. The largest absolute Gasteiger partial charge is 0.483 e. The Balaban J connectivity index is 0.000000177. The van der Waals surface area contributed by atoms with Crippen LogP contribution in [0, 0.1) is 0 Å². The molecule has 0 bridgehead atoms. The van der Waals surface area contributed by atoms with Crippen LogP contribution in [0.25, 0.3) is 11.1 Å². The zero-order valence-corrected chi connectivity index (χ0v) is 7.24. The van der Waals surface area contributed by atoms with E-state index >= 15 is 0 Å². The van der Waals surface area contributed by atoms with E-state index in [1.807, 2.05) is 14.1 Å². The normalized spacial score (nSPS) is 8.17. The highest BCUT2D eigenvalue weighted by Crippen LogP contribution is 2.29. The Morgan fingerprint density at radius 3 is 1.33 bits per heavy atom. The second-order valence-electron chi connectivity index (χ2n) is 2.18. The second kappa shape index (κ2) is 6.37. The van der Waals surface area contributed by atoms with Crippen molar-refractivity contribution in [2.24, 2.45) is 0 Å². The summed E-state index contributed by atoms with van der Waals surface area (Å²) in [5, 5.41) is 9.64. The van der Waals surface area contributed by atoms with E-state index in [9.17, 15) is 0 Å². The van der Waals surface area contributed by atoms with Gasteiger partial charge in [0, 0.05) is 0 Å². The van der Waals surface area contributed by atoms with Gasteiger partial charge in [-0.3, -0.25) is 4.79 Å². The smallest absolute Gasteiger partial charge is 0.290 e. The summed E-state index contributed by atoms with van der Waals surface area (Å²) in [5.41, 5.74) is 2.85. The van der Waals surface area contributed by atoms with Gasteiger partial charge >= 0.3 is 0 Å². The number of hydrogen-bond acceptors (Lipinski definition) is 2. The van der Waals surface area contributed by atoms with Crippen molar-refractivity contribution in [1.82, 2.24) is 5.32 Å². The summed E-state index contributed by atoms with van der Waals surface area (Å²) in [6.45, 7) is -0.250. The van der Waals surface area contributed by atoms with Crippen LogP contribution in [0.4, 0.5) is 0 Å². The van der Waals surface area contributed by atoms with E-state index in [2.05, 4.69) is 29.6 Å². The van der Waals surface area contributed by atoms with Crippen molar-refractivity contribution in [3.8, 4) is 11.1 Å². The van der Waals surface area contributed by atoms with Gasteiger partial charge in [-0.2, -0.15) is 0 Å². The molecule has 2 aliphatic rings. The van der Waals surface area contributed by atoms with Gasteiger partial charge in [0.2, 0.25) is 0 Å². The molecular formula is C9H13NO2. The van der Waals surface area contributed by atoms with Gasteiger partial charge in [0.15, 0.2) is 0 Å². The summed E-state index contributed by atoms with van der Waals surface area (Å²) in [4.78, 5) is 8.36. The molecule has 2 aliphatic carbocycles. The molecule has 0 radical (unpaired) electrons. The van der Waals surface area contributed by atoms with E-state index in [0.717, 1.165) is 0 Å². The number of benzene rings is 1. The number of carboxylic acid groups (broad SMARTS) is 1. The highest BCUT2D eigenvalue weighted by atomic mass is 16.3. The van der Waals surface area contributed by atoms with Gasteiger partial charge in [-0.1, -0.05) is 24.3 Å². The molecule has 0 aromatic heterocycles. The topological polar surface area (TPSA) is 49.3 Å². The average molecular weight is 167 g/mol. The first-order chi connectivity index (χ1) is 5.79. The van der Waals surface area contributed by atoms with Gasteiger partial charge in [0.05, 0.1) is 0 Å². The van der Waals surface area contributed by atoms with Crippen LogP contribution < -0.4 is 5.32 Å². The Labute approximate surface area is 72.0 Å². The van der Waals surface area contributed by atoms with E-state index in [1.54, 1.807) is 0 Å². The number of carbonyl (C=O) groups is 1. The lowest BCUT2D eigenvalue weighted by Crippen LogP contribution is -1.89. The fraction of sp³-hybridized carbons (Fsp3) is 0.222. The zero-order valence-electron chi connectivity index (χ0n) is 7.24. The molecule has 2 N–H and O–H groups in total. The lowest BCUT2D eigenvalue weighted by atomic mass is 9.95. The Bertz CT molecular complexity index is 197. The van der Waals surface area contributed by atoms with Crippen LogP contribution in [0.15, 0.2) is 24.3 Å². The molecule has 0 fully saturated rings. The molecule has 3 nitrogen and oxygen atoms in total. The first-order valence-electron chi connectivity index (χ1n) is 3.57. The van der Waals surface area contributed by atoms with E-state index in [-0.39, 0.29) is 6.47 Å². The van der Waals surface area contributed by atoms with E-state index in [1.165, 1.54) is 11.1 Å². The van der Waals surface area contributed by atoms with Crippen molar-refractivity contribution in [1.29, 1.82) is 0 Å². The lowest BCUT2D eigenvalue weighted by molar-refractivity contribution is -0.122. The molecule has 0 aromatic rings. The third kappa shape index (κ3) is 3.16. The summed E-state index contributed by atoms with van der Waals surface area (Å²) in [6.07, 6.45) is 0. The summed E-state index contributed by atoms with van der Waals surface area (Å²) in [7, 11) is 3.75. The van der Waals surface area contributed by atoms with Crippen molar-refractivity contribution in [3.63, 3.8) is 0 Å². The van der Waals surface area contributed by atoms with Crippen LogP contribution in [0.2, 0.25) is 0 Å². The molecule has 0 saturated carbocycles. The molecule has 0 spiro atoms. The molecule has 0 amide bonds. The maximum absolute atomic E-state index is 8.36. The van der Waals surface area contributed by atoms with E-state index in [4.69, 9.17) is 9.90 Å². The van der Waals surface area contributed by atoms with Crippen molar-refractivity contribution in [3.05, 3.63) is 24.3 Å². The average Bonchev–Trinajstić information content (AvgIpc) is 2.00. The van der Waals surface area contributed by atoms with Crippen LogP contribution >= 0.6 is 0 Å². The molecule has 0 aliphatic heterocycles. The molecule has 12 heavy (non-hydrogen) atoms. The molecule has 0 atom stereocenters. The third-order valence-corrected chi connectivity index (χ3v) is 1.22. The van der Waals surface area contributed by atoms with Gasteiger partial charge in [-0.25, -0.2) is 0 Å². The van der Waals surface area contributed by atoms with Crippen LogP contribution in [0.1, 0.15) is 0 Å². The Morgan fingerprint density at radius 1 is 1.17 bits per heavy atom. The Morgan fingerprint density at radius 2 is 1.33 bits per heavy atom. The number of rotatable bonds is 0. The van der Waals surface area contributed by atoms with E-state index in [0.29, 0.717) is 0 Å².